The quantitative estimate of drug-likeness (QED) is 0.254. The van der Waals surface area contributed by atoms with Crippen molar-refractivity contribution in [2.24, 2.45) is 0 Å². The standard InChI is InChI=1S/C25H28N4O3S2/c1-4-28(5-2)14-15-29-24(31)23-22(17-10-6-9-13-20(17)34-23)27-25(29)33-16-21(30)26-18-11-7-8-12-19(18)32-3/h6-13H,4-5,14-16H2,1-3H3,(H,26,30). The molecule has 9 heteroatoms. The summed E-state index contributed by atoms with van der Waals surface area (Å²) in [6.07, 6.45) is 0. The number of benzene rings is 2. The number of ether oxygens (including phenoxy) is 1. The summed E-state index contributed by atoms with van der Waals surface area (Å²) in [6.45, 7) is 7.30. The lowest BCUT2D eigenvalue weighted by molar-refractivity contribution is -0.113. The number of hydrogen-bond donors (Lipinski definition) is 1. The van der Waals surface area contributed by atoms with Gasteiger partial charge in [0.2, 0.25) is 5.91 Å². The Hall–Kier alpha value is -2.88. The molecule has 178 valence electrons. The zero-order valence-electron chi connectivity index (χ0n) is 19.5. The van der Waals surface area contributed by atoms with Gasteiger partial charge in [0.05, 0.1) is 24.1 Å². The molecule has 1 amide bonds. The second-order valence-electron chi connectivity index (χ2n) is 7.69. The third-order valence-corrected chi connectivity index (χ3v) is 7.82. The Kier molecular flexibility index (Phi) is 7.87. The van der Waals surface area contributed by atoms with Crippen molar-refractivity contribution in [1.82, 2.24) is 14.5 Å². The number of hydrogen-bond acceptors (Lipinski definition) is 7. The molecule has 0 aliphatic carbocycles. The molecule has 7 nitrogen and oxygen atoms in total. The maximum atomic E-state index is 13.5. The molecule has 0 atom stereocenters. The summed E-state index contributed by atoms with van der Waals surface area (Å²) in [6, 6.07) is 15.2. The van der Waals surface area contributed by atoms with Crippen molar-refractivity contribution >= 4 is 55.0 Å². The van der Waals surface area contributed by atoms with E-state index >= 15 is 0 Å². The summed E-state index contributed by atoms with van der Waals surface area (Å²) in [5.41, 5.74) is 1.27. The van der Waals surface area contributed by atoms with Gasteiger partial charge in [-0.3, -0.25) is 14.2 Å². The predicted octanol–water partition coefficient (Wildman–Crippen LogP) is 4.69. The van der Waals surface area contributed by atoms with Gasteiger partial charge in [-0.05, 0) is 31.3 Å². The van der Waals surface area contributed by atoms with E-state index < -0.39 is 0 Å². The summed E-state index contributed by atoms with van der Waals surface area (Å²) in [4.78, 5) is 33.4. The molecule has 0 saturated heterocycles. The lowest BCUT2D eigenvalue weighted by atomic mass is 10.2. The van der Waals surface area contributed by atoms with Crippen LogP contribution in [0, 0.1) is 0 Å². The van der Waals surface area contributed by atoms with E-state index in [0.29, 0.717) is 33.4 Å². The number of nitrogens with one attached hydrogen (secondary N) is 1. The van der Waals surface area contributed by atoms with Crippen LogP contribution in [0.1, 0.15) is 13.8 Å². The van der Waals surface area contributed by atoms with Crippen LogP contribution in [0.15, 0.2) is 58.5 Å². The molecule has 0 aliphatic rings. The number of carbonyl (C=O) groups excluding carboxylic acids is 1. The van der Waals surface area contributed by atoms with Gasteiger partial charge in [0.15, 0.2) is 5.16 Å². The van der Waals surface area contributed by atoms with Gasteiger partial charge in [0.1, 0.15) is 10.4 Å². The first-order chi connectivity index (χ1) is 16.5. The minimum absolute atomic E-state index is 0.0500. The van der Waals surface area contributed by atoms with E-state index in [2.05, 4.69) is 24.1 Å². The molecule has 0 bridgehead atoms. The Labute approximate surface area is 206 Å². The number of amides is 1. The number of aromatic nitrogens is 2. The lowest BCUT2D eigenvalue weighted by Gasteiger charge is -2.19. The molecular weight excluding hydrogens is 468 g/mol. The van der Waals surface area contributed by atoms with Crippen LogP contribution >= 0.6 is 23.1 Å². The summed E-state index contributed by atoms with van der Waals surface area (Å²) >= 11 is 2.76. The van der Waals surface area contributed by atoms with Crippen molar-refractivity contribution in [3.63, 3.8) is 0 Å². The van der Waals surface area contributed by atoms with Gasteiger partial charge in [-0.1, -0.05) is 55.9 Å². The Balaban J connectivity index is 1.64. The van der Waals surface area contributed by atoms with Gasteiger partial charge in [0.25, 0.3) is 5.56 Å². The molecule has 0 aliphatic heterocycles. The molecule has 34 heavy (non-hydrogen) atoms. The molecule has 4 aromatic rings. The largest absolute Gasteiger partial charge is 0.495 e. The van der Waals surface area contributed by atoms with Gasteiger partial charge in [-0.15, -0.1) is 11.3 Å². The minimum Gasteiger partial charge on any atom is -0.495 e. The highest BCUT2D eigenvalue weighted by Gasteiger charge is 2.18. The van der Waals surface area contributed by atoms with Crippen LogP contribution in [0.2, 0.25) is 0 Å². The van der Waals surface area contributed by atoms with E-state index in [-0.39, 0.29) is 17.2 Å². The number of thioether (sulfide) groups is 1. The van der Waals surface area contributed by atoms with Gasteiger partial charge in [-0.25, -0.2) is 4.98 Å². The van der Waals surface area contributed by atoms with E-state index in [1.807, 2.05) is 36.4 Å². The number of para-hydroxylation sites is 2. The van der Waals surface area contributed by atoms with E-state index in [1.54, 1.807) is 23.8 Å². The van der Waals surface area contributed by atoms with Gasteiger partial charge in [0, 0.05) is 23.2 Å². The Morgan fingerprint density at radius 1 is 1.15 bits per heavy atom. The highest BCUT2D eigenvalue weighted by atomic mass is 32.2. The first-order valence-corrected chi connectivity index (χ1v) is 13.1. The fourth-order valence-corrected chi connectivity index (χ4v) is 5.72. The molecule has 2 heterocycles. The molecular formula is C25H28N4O3S2. The number of thiophene rings is 1. The van der Waals surface area contributed by atoms with Crippen molar-refractivity contribution in [3.8, 4) is 5.75 Å². The monoisotopic (exact) mass is 496 g/mol. The fraction of sp³-hybridized carbons (Fsp3) is 0.320. The van der Waals surface area contributed by atoms with Crippen molar-refractivity contribution < 1.29 is 9.53 Å². The lowest BCUT2D eigenvalue weighted by Crippen LogP contribution is -2.32. The molecule has 0 fully saturated rings. The first-order valence-electron chi connectivity index (χ1n) is 11.3. The Bertz CT molecular complexity index is 1360. The van der Waals surface area contributed by atoms with Crippen molar-refractivity contribution in [2.75, 3.05) is 37.8 Å². The topological polar surface area (TPSA) is 76.5 Å². The Morgan fingerprint density at radius 3 is 2.65 bits per heavy atom. The van der Waals surface area contributed by atoms with Crippen LogP contribution in [-0.2, 0) is 11.3 Å². The van der Waals surface area contributed by atoms with Gasteiger partial charge < -0.3 is 15.0 Å². The molecule has 0 saturated carbocycles. The van der Waals surface area contributed by atoms with Crippen LogP contribution in [0.25, 0.3) is 20.3 Å². The molecule has 2 aromatic heterocycles. The molecule has 0 radical (unpaired) electrons. The smallest absolute Gasteiger partial charge is 0.272 e. The highest BCUT2D eigenvalue weighted by molar-refractivity contribution is 7.99. The van der Waals surface area contributed by atoms with Crippen LogP contribution in [0.4, 0.5) is 5.69 Å². The number of nitrogens with zero attached hydrogens (tertiary/aromatic N) is 3. The summed E-state index contributed by atoms with van der Waals surface area (Å²) in [5, 5.41) is 4.42. The summed E-state index contributed by atoms with van der Waals surface area (Å²) in [5.74, 6) is 0.541. The average molecular weight is 497 g/mol. The molecule has 2 aromatic carbocycles. The number of carbonyl (C=O) groups is 1. The minimum atomic E-state index is -0.186. The van der Waals surface area contributed by atoms with E-state index in [9.17, 15) is 9.59 Å². The van der Waals surface area contributed by atoms with Crippen LogP contribution < -0.4 is 15.6 Å². The Morgan fingerprint density at radius 2 is 1.88 bits per heavy atom. The summed E-state index contributed by atoms with van der Waals surface area (Å²) < 4.78 is 8.73. The maximum Gasteiger partial charge on any atom is 0.272 e. The number of fused-ring (bicyclic) bond motifs is 3. The van der Waals surface area contributed by atoms with Crippen LogP contribution in [0.5, 0.6) is 5.75 Å². The maximum absolute atomic E-state index is 13.5. The molecule has 4 rings (SSSR count). The number of anilines is 1. The second-order valence-corrected chi connectivity index (χ2v) is 9.69. The normalized spacial score (nSPS) is 11.4. The third kappa shape index (κ3) is 5.11. The number of methoxy groups -OCH3 is 1. The molecule has 1 N–H and O–H groups in total. The molecule has 0 spiro atoms. The van der Waals surface area contributed by atoms with Gasteiger partial charge in [-0.2, -0.15) is 0 Å². The number of likely N-dealkylation sites (N-methyl/N-ethyl adjacent to an activating group) is 1. The molecule has 0 unspecified atom stereocenters. The number of rotatable bonds is 10. The van der Waals surface area contributed by atoms with Crippen molar-refractivity contribution in [3.05, 3.63) is 58.9 Å². The third-order valence-electron chi connectivity index (χ3n) is 5.69. The van der Waals surface area contributed by atoms with Crippen LogP contribution in [-0.4, -0.2) is 52.9 Å². The predicted molar refractivity (Wildman–Crippen MR) is 142 cm³/mol. The van der Waals surface area contributed by atoms with Crippen LogP contribution in [0.3, 0.4) is 0 Å². The summed E-state index contributed by atoms with van der Waals surface area (Å²) in [7, 11) is 1.57. The van der Waals surface area contributed by atoms with E-state index in [4.69, 9.17) is 9.72 Å². The van der Waals surface area contributed by atoms with Crippen molar-refractivity contribution in [2.45, 2.75) is 25.5 Å². The zero-order chi connectivity index (χ0) is 24.1. The SMILES string of the molecule is CCN(CC)CCn1c(SCC(=O)Nc2ccccc2OC)nc2c(sc3ccccc32)c1=O. The van der Waals surface area contributed by atoms with Gasteiger partial charge >= 0.3 is 0 Å². The van der Waals surface area contributed by atoms with E-state index in [0.717, 1.165) is 29.7 Å². The highest BCUT2D eigenvalue weighted by Crippen LogP contribution is 2.32. The van der Waals surface area contributed by atoms with E-state index in [1.165, 1.54) is 23.1 Å². The average Bonchev–Trinajstić information content (AvgIpc) is 3.24. The van der Waals surface area contributed by atoms with Crippen molar-refractivity contribution in [1.29, 1.82) is 0 Å². The fourth-order valence-electron chi connectivity index (χ4n) is 3.81. The zero-order valence-corrected chi connectivity index (χ0v) is 21.2. The second kappa shape index (κ2) is 11.0. The first kappa shape index (κ1) is 24.3.